The lowest BCUT2D eigenvalue weighted by Crippen LogP contribution is -2.30. The largest absolute Gasteiger partial charge is 0.339 e. The molecule has 4 rings (SSSR count). The molecule has 6 nitrogen and oxygen atoms in total. The number of benzene rings is 2. The highest BCUT2D eigenvalue weighted by Crippen LogP contribution is 2.37. The lowest BCUT2D eigenvalue weighted by atomic mass is 9.84. The van der Waals surface area contributed by atoms with Crippen molar-refractivity contribution < 1.29 is 22.0 Å². The van der Waals surface area contributed by atoms with Crippen molar-refractivity contribution >= 4 is 15.8 Å². The predicted octanol–water partition coefficient (Wildman–Crippen LogP) is 2.99. The second-order valence-electron chi connectivity index (χ2n) is 7.34. The topological polar surface area (TPSA) is 72.3 Å². The third-order valence-corrected chi connectivity index (χ3v) is 7.03. The molecular formula is C21H19F2N3O3S. The minimum Gasteiger partial charge on any atom is -0.339 e. The number of hydrogen-bond acceptors (Lipinski definition) is 4. The van der Waals surface area contributed by atoms with Gasteiger partial charge in [0, 0.05) is 43.7 Å². The van der Waals surface area contributed by atoms with Crippen LogP contribution in [0.25, 0.3) is 0 Å². The molecule has 0 N–H and O–H groups in total. The highest BCUT2D eigenvalue weighted by atomic mass is 32.2. The third-order valence-electron chi connectivity index (χ3n) is 5.32. The van der Waals surface area contributed by atoms with Crippen LogP contribution in [-0.2, 0) is 17.1 Å². The summed E-state index contributed by atoms with van der Waals surface area (Å²) >= 11 is 0. The van der Waals surface area contributed by atoms with Crippen LogP contribution in [0.2, 0.25) is 0 Å². The summed E-state index contributed by atoms with van der Waals surface area (Å²) in [4.78, 5) is 17.1. The average molecular weight is 431 g/mol. The highest BCUT2D eigenvalue weighted by Gasteiger charge is 2.44. The van der Waals surface area contributed by atoms with E-state index in [9.17, 15) is 22.0 Å². The Morgan fingerprint density at radius 1 is 1.07 bits per heavy atom. The number of carbonyl (C=O) groups excluding carboxylic acids is 1. The van der Waals surface area contributed by atoms with E-state index in [1.807, 2.05) is 0 Å². The molecule has 0 spiro atoms. The first-order valence-electron chi connectivity index (χ1n) is 9.29. The Kier molecular flexibility index (Phi) is 5.25. The molecule has 2 atom stereocenters. The highest BCUT2D eigenvalue weighted by molar-refractivity contribution is 7.89. The lowest BCUT2D eigenvalue weighted by molar-refractivity contribution is 0.0917. The van der Waals surface area contributed by atoms with Crippen molar-refractivity contribution in [1.29, 1.82) is 0 Å². The summed E-state index contributed by atoms with van der Waals surface area (Å²) in [6.45, 7) is -0.0352. The number of halogens is 2. The molecule has 1 saturated heterocycles. The van der Waals surface area contributed by atoms with E-state index in [1.165, 1.54) is 51.7 Å². The zero-order valence-electron chi connectivity index (χ0n) is 16.1. The number of aromatic nitrogens is 2. The number of hydrogen-bond donors (Lipinski definition) is 0. The molecule has 2 aromatic carbocycles. The number of nitrogens with zero attached hydrogens (tertiary/aromatic N) is 3. The number of aryl methyl sites for hydroxylation is 1. The van der Waals surface area contributed by atoms with Gasteiger partial charge in [0.1, 0.15) is 11.6 Å². The van der Waals surface area contributed by atoms with Gasteiger partial charge in [-0.1, -0.05) is 24.3 Å². The maximum Gasteiger partial charge on any atom is 0.262 e. The van der Waals surface area contributed by atoms with Crippen molar-refractivity contribution in [1.82, 2.24) is 13.9 Å². The molecule has 156 valence electrons. The molecule has 1 fully saturated rings. The van der Waals surface area contributed by atoms with Gasteiger partial charge in [-0.05, 0) is 29.8 Å². The van der Waals surface area contributed by atoms with Crippen LogP contribution in [-0.4, -0.2) is 41.1 Å². The molecule has 0 unspecified atom stereocenters. The minimum atomic E-state index is -3.92. The molecular weight excluding hydrogens is 412 g/mol. The SMILES string of the molecule is Cn1cnc(S(=O)(=O)N2C[C@@H](C(=O)c3cccc(F)c3)[C@H](c3ccc(F)cc3)C2)c1. The zero-order valence-corrected chi connectivity index (χ0v) is 16.9. The second kappa shape index (κ2) is 7.73. The summed E-state index contributed by atoms with van der Waals surface area (Å²) < 4.78 is 55.9. The van der Waals surface area contributed by atoms with E-state index in [1.54, 1.807) is 19.2 Å². The van der Waals surface area contributed by atoms with Crippen LogP contribution in [0.4, 0.5) is 8.78 Å². The quantitative estimate of drug-likeness (QED) is 0.583. The van der Waals surface area contributed by atoms with E-state index in [-0.39, 0.29) is 29.5 Å². The molecule has 0 radical (unpaired) electrons. The van der Waals surface area contributed by atoms with E-state index in [2.05, 4.69) is 4.98 Å². The summed E-state index contributed by atoms with van der Waals surface area (Å²) in [7, 11) is -2.26. The molecule has 1 aromatic heterocycles. The fraction of sp³-hybridized carbons (Fsp3) is 0.238. The smallest absolute Gasteiger partial charge is 0.262 e. The van der Waals surface area contributed by atoms with Crippen molar-refractivity contribution in [2.45, 2.75) is 10.9 Å². The van der Waals surface area contributed by atoms with Gasteiger partial charge in [0.2, 0.25) is 0 Å². The standard InChI is InChI=1S/C21H19F2N3O3S/c1-25-12-20(24-13-25)30(28,29)26-10-18(14-5-7-16(22)8-6-14)19(11-26)21(27)15-3-2-4-17(23)9-15/h2-9,12-13,18-19H,10-11H2,1H3/t18-,19+/m0/s1. The Morgan fingerprint density at radius 3 is 2.43 bits per heavy atom. The van der Waals surface area contributed by atoms with Crippen molar-refractivity contribution in [2.75, 3.05) is 13.1 Å². The van der Waals surface area contributed by atoms with Crippen molar-refractivity contribution in [3.8, 4) is 0 Å². The second-order valence-corrected chi connectivity index (χ2v) is 9.22. The van der Waals surface area contributed by atoms with Gasteiger partial charge in [-0.25, -0.2) is 22.2 Å². The summed E-state index contributed by atoms with van der Waals surface area (Å²) in [5.74, 6) is -2.57. The van der Waals surface area contributed by atoms with Crippen molar-refractivity contribution in [3.63, 3.8) is 0 Å². The van der Waals surface area contributed by atoms with Gasteiger partial charge in [0.25, 0.3) is 10.0 Å². The molecule has 0 aliphatic carbocycles. The lowest BCUT2D eigenvalue weighted by Gasteiger charge is -2.17. The van der Waals surface area contributed by atoms with Crippen LogP contribution >= 0.6 is 0 Å². The van der Waals surface area contributed by atoms with E-state index in [4.69, 9.17) is 0 Å². The number of imidazole rings is 1. The number of Topliss-reactive ketones (excluding diaryl/α,β-unsaturated/α-hetero) is 1. The molecule has 30 heavy (non-hydrogen) atoms. The first kappa shape index (κ1) is 20.4. The summed E-state index contributed by atoms with van der Waals surface area (Å²) in [5, 5.41) is -0.110. The first-order valence-corrected chi connectivity index (χ1v) is 10.7. The third kappa shape index (κ3) is 3.78. The fourth-order valence-electron chi connectivity index (χ4n) is 3.79. The van der Waals surface area contributed by atoms with Crippen LogP contribution in [0.15, 0.2) is 66.1 Å². The summed E-state index contributed by atoms with van der Waals surface area (Å²) in [5.41, 5.74) is 0.814. The van der Waals surface area contributed by atoms with Gasteiger partial charge < -0.3 is 4.57 Å². The van der Waals surface area contributed by atoms with E-state index < -0.39 is 33.5 Å². The fourth-order valence-corrected chi connectivity index (χ4v) is 5.25. The van der Waals surface area contributed by atoms with Crippen LogP contribution in [0.5, 0.6) is 0 Å². The molecule has 1 aliphatic heterocycles. The molecule has 0 saturated carbocycles. The van der Waals surface area contributed by atoms with Gasteiger partial charge >= 0.3 is 0 Å². The number of sulfonamides is 1. The Balaban J connectivity index is 1.72. The van der Waals surface area contributed by atoms with Gasteiger partial charge in [-0.15, -0.1) is 0 Å². The number of rotatable bonds is 5. The van der Waals surface area contributed by atoms with Gasteiger partial charge in [-0.2, -0.15) is 4.31 Å². The number of ketones is 1. The van der Waals surface area contributed by atoms with Crippen LogP contribution in [0.1, 0.15) is 21.8 Å². The van der Waals surface area contributed by atoms with Crippen LogP contribution < -0.4 is 0 Å². The van der Waals surface area contributed by atoms with E-state index >= 15 is 0 Å². The Hall–Kier alpha value is -2.91. The maximum atomic E-state index is 13.7. The first-order chi connectivity index (χ1) is 14.3. The maximum absolute atomic E-state index is 13.7. The van der Waals surface area contributed by atoms with Crippen LogP contribution in [0.3, 0.4) is 0 Å². The van der Waals surface area contributed by atoms with Crippen LogP contribution in [0, 0.1) is 17.6 Å². The van der Waals surface area contributed by atoms with Gasteiger partial charge in [0.05, 0.1) is 6.33 Å². The minimum absolute atomic E-state index is 0.0380. The van der Waals surface area contributed by atoms with Crippen molar-refractivity contribution in [3.05, 3.63) is 83.8 Å². The van der Waals surface area contributed by atoms with Crippen molar-refractivity contribution in [2.24, 2.45) is 13.0 Å². The molecule has 0 amide bonds. The molecule has 1 aliphatic rings. The van der Waals surface area contributed by atoms with E-state index in [0.29, 0.717) is 5.56 Å². The van der Waals surface area contributed by atoms with E-state index in [0.717, 1.165) is 6.07 Å². The zero-order chi connectivity index (χ0) is 21.5. The molecule has 2 heterocycles. The Morgan fingerprint density at radius 2 is 1.80 bits per heavy atom. The van der Waals surface area contributed by atoms with Gasteiger partial charge in [-0.3, -0.25) is 4.79 Å². The average Bonchev–Trinajstić information content (AvgIpc) is 3.35. The summed E-state index contributed by atoms with van der Waals surface area (Å²) in [6, 6.07) is 11.0. The monoisotopic (exact) mass is 431 g/mol. The predicted molar refractivity (Wildman–Crippen MR) is 105 cm³/mol. The Bertz CT molecular complexity index is 1190. The molecule has 0 bridgehead atoms. The van der Waals surface area contributed by atoms with Gasteiger partial charge in [0.15, 0.2) is 10.8 Å². The Labute approximate surface area is 172 Å². The normalized spacial score (nSPS) is 19.8. The molecule has 9 heteroatoms. The number of carbonyl (C=O) groups is 1. The summed E-state index contributed by atoms with van der Waals surface area (Å²) in [6.07, 6.45) is 2.78. The molecule has 3 aromatic rings.